The highest BCUT2D eigenvalue weighted by molar-refractivity contribution is 8.01. The Labute approximate surface area is 91.0 Å². The molecule has 0 radical (unpaired) electrons. The minimum atomic E-state index is 0.385. The lowest BCUT2D eigenvalue weighted by Gasteiger charge is -1.98. The van der Waals surface area contributed by atoms with Crippen molar-refractivity contribution in [2.24, 2.45) is 0 Å². The lowest BCUT2D eigenvalue weighted by atomic mass is 10.2. The second-order valence-electron chi connectivity index (χ2n) is 4.02. The van der Waals surface area contributed by atoms with Crippen LogP contribution in [0.4, 0.5) is 0 Å². The molecule has 1 N–H and O–H groups in total. The summed E-state index contributed by atoms with van der Waals surface area (Å²) in [6, 6.07) is 0. The van der Waals surface area contributed by atoms with Crippen LogP contribution in [0.3, 0.4) is 0 Å². The SMILES string of the molecule is CCCCC/C=C/CCS[C@]12C=C1N2. The van der Waals surface area contributed by atoms with E-state index in [1.165, 1.54) is 43.6 Å². The molecule has 1 heterocycles. The second kappa shape index (κ2) is 4.43. The molecule has 2 heteroatoms. The van der Waals surface area contributed by atoms with Crippen molar-refractivity contribution in [1.82, 2.24) is 5.32 Å². The van der Waals surface area contributed by atoms with Crippen molar-refractivity contribution in [2.45, 2.75) is 43.9 Å². The fourth-order valence-corrected chi connectivity index (χ4v) is 2.64. The van der Waals surface area contributed by atoms with Gasteiger partial charge in [0.1, 0.15) is 4.87 Å². The average Bonchev–Trinajstić information content (AvgIpc) is 2.98. The molecular formula is C12H19NS. The van der Waals surface area contributed by atoms with Crippen molar-refractivity contribution in [1.29, 1.82) is 0 Å². The van der Waals surface area contributed by atoms with Crippen LogP contribution in [0.2, 0.25) is 0 Å². The molecule has 1 nitrogen and oxygen atoms in total. The summed E-state index contributed by atoms with van der Waals surface area (Å²) in [5.41, 5.74) is 1.47. The van der Waals surface area contributed by atoms with Gasteiger partial charge in [0.05, 0.1) is 5.70 Å². The number of fused-ring (bicyclic) bond motifs is 1. The van der Waals surface area contributed by atoms with Crippen molar-refractivity contribution in [3.05, 3.63) is 23.9 Å². The summed E-state index contributed by atoms with van der Waals surface area (Å²) in [5.74, 6) is 1.25. The molecular weight excluding hydrogens is 190 g/mol. The van der Waals surface area contributed by atoms with Crippen molar-refractivity contribution in [2.75, 3.05) is 5.75 Å². The Morgan fingerprint density at radius 1 is 1.36 bits per heavy atom. The fraction of sp³-hybridized carbons (Fsp3) is 0.667. The van der Waals surface area contributed by atoms with Gasteiger partial charge in [-0.1, -0.05) is 31.9 Å². The predicted octanol–water partition coefficient (Wildman–Crippen LogP) is 3.44. The highest BCUT2D eigenvalue weighted by Gasteiger charge is 2.60. The van der Waals surface area contributed by atoms with E-state index in [1.807, 2.05) is 11.8 Å². The van der Waals surface area contributed by atoms with Crippen LogP contribution < -0.4 is 5.32 Å². The molecule has 2 rings (SSSR count). The van der Waals surface area contributed by atoms with Gasteiger partial charge in [-0.3, -0.25) is 0 Å². The maximum atomic E-state index is 3.33. The number of thioether (sulfide) groups is 1. The first-order valence-corrected chi connectivity index (χ1v) is 6.66. The van der Waals surface area contributed by atoms with E-state index in [0.29, 0.717) is 4.87 Å². The zero-order chi connectivity index (χ0) is 9.86. The van der Waals surface area contributed by atoms with Crippen LogP contribution in [0, 0.1) is 0 Å². The smallest absolute Gasteiger partial charge is 0.145 e. The largest absolute Gasteiger partial charge is 0.363 e. The van der Waals surface area contributed by atoms with E-state index in [0.717, 1.165) is 0 Å². The maximum Gasteiger partial charge on any atom is 0.145 e. The highest BCUT2D eigenvalue weighted by atomic mass is 32.2. The van der Waals surface area contributed by atoms with Gasteiger partial charge >= 0.3 is 0 Å². The van der Waals surface area contributed by atoms with E-state index < -0.39 is 0 Å². The Morgan fingerprint density at radius 2 is 2.07 bits per heavy atom. The fourth-order valence-electron chi connectivity index (χ4n) is 1.52. The Balaban J connectivity index is 1.39. The summed E-state index contributed by atoms with van der Waals surface area (Å²) in [6.07, 6.45) is 13.5. The minimum Gasteiger partial charge on any atom is -0.363 e. The summed E-state index contributed by atoms with van der Waals surface area (Å²) in [5, 5.41) is 3.33. The Morgan fingerprint density at radius 3 is 2.71 bits per heavy atom. The predicted molar refractivity (Wildman–Crippen MR) is 64.3 cm³/mol. The van der Waals surface area contributed by atoms with Gasteiger partial charge in [0.25, 0.3) is 0 Å². The van der Waals surface area contributed by atoms with E-state index in [4.69, 9.17) is 0 Å². The monoisotopic (exact) mass is 209 g/mol. The first-order valence-electron chi connectivity index (χ1n) is 5.68. The van der Waals surface area contributed by atoms with E-state index >= 15 is 0 Å². The summed E-state index contributed by atoms with van der Waals surface area (Å²) in [6.45, 7) is 2.25. The molecule has 2 aliphatic rings. The number of unbranched alkanes of at least 4 members (excludes halogenated alkanes) is 3. The highest BCUT2D eigenvalue weighted by Crippen LogP contribution is 2.56. The van der Waals surface area contributed by atoms with Crippen LogP contribution in [-0.4, -0.2) is 10.6 Å². The zero-order valence-electron chi connectivity index (χ0n) is 8.88. The Bertz CT molecular complexity index is 257. The molecule has 0 aromatic carbocycles. The Kier molecular flexibility index (Phi) is 3.22. The molecule has 14 heavy (non-hydrogen) atoms. The van der Waals surface area contributed by atoms with Crippen LogP contribution in [0.1, 0.15) is 39.0 Å². The summed E-state index contributed by atoms with van der Waals surface area (Å²) in [4.78, 5) is 0.385. The number of hydrogen-bond acceptors (Lipinski definition) is 2. The van der Waals surface area contributed by atoms with Crippen LogP contribution in [-0.2, 0) is 0 Å². The molecule has 1 fully saturated rings. The number of hydrogen-bond donors (Lipinski definition) is 1. The zero-order valence-corrected chi connectivity index (χ0v) is 9.70. The molecule has 78 valence electrons. The molecule has 1 aliphatic heterocycles. The van der Waals surface area contributed by atoms with Crippen molar-refractivity contribution < 1.29 is 0 Å². The van der Waals surface area contributed by atoms with E-state index in [-0.39, 0.29) is 0 Å². The van der Waals surface area contributed by atoms with Gasteiger partial charge in [-0.2, -0.15) is 0 Å². The topological polar surface area (TPSA) is 21.9 Å². The van der Waals surface area contributed by atoms with Gasteiger partial charge in [-0.15, -0.1) is 11.8 Å². The van der Waals surface area contributed by atoms with Crippen molar-refractivity contribution >= 4 is 11.8 Å². The van der Waals surface area contributed by atoms with Gasteiger partial charge in [-0.25, -0.2) is 0 Å². The molecule has 0 unspecified atom stereocenters. The van der Waals surface area contributed by atoms with E-state index in [1.54, 1.807) is 0 Å². The molecule has 1 atom stereocenters. The summed E-state index contributed by atoms with van der Waals surface area (Å²) in [7, 11) is 0. The lowest BCUT2D eigenvalue weighted by Crippen LogP contribution is -2.00. The van der Waals surface area contributed by atoms with Gasteiger partial charge < -0.3 is 5.32 Å². The molecule has 0 aromatic heterocycles. The van der Waals surface area contributed by atoms with Crippen LogP contribution in [0.5, 0.6) is 0 Å². The third-order valence-electron chi connectivity index (χ3n) is 2.68. The number of nitrogens with one attached hydrogen (secondary N) is 1. The average molecular weight is 209 g/mol. The third-order valence-corrected chi connectivity index (χ3v) is 4.01. The number of allylic oxidation sites excluding steroid dienone is 2. The first-order chi connectivity index (χ1) is 6.87. The molecule has 1 saturated heterocycles. The normalized spacial score (nSPS) is 27.1. The minimum absolute atomic E-state index is 0.385. The van der Waals surface area contributed by atoms with Gasteiger partial charge in [-0.05, 0) is 31.1 Å². The van der Waals surface area contributed by atoms with Gasteiger partial charge in [0, 0.05) is 0 Å². The van der Waals surface area contributed by atoms with E-state index in [9.17, 15) is 0 Å². The summed E-state index contributed by atoms with van der Waals surface area (Å²) < 4.78 is 0. The van der Waals surface area contributed by atoms with Crippen LogP contribution in [0.25, 0.3) is 0 Å². The molecule has 0 aromatic rings. The molecule has 0 saturated carbocycles. The number of rotatable bonds is 8. The molecule has 0 bridgehead atoms. The van der Waals surface area contributed by atoms with Crippen LogP contribution >= 0.6 is 11.8 Å². The van der Waals surface area contributed by atoms with Gasteiger partial charge in [0.2, 0.25) is 0 Å². The molecule has 0 spiro atoms. The quantitative estimate of drug-likeness (QED) is 0.376. The standard InChI is InChI=1S/C12H19NS/c1-2-3-4-5-6-7-8-9-14-12-10-11(12)13-12/h6-7,10,13H,2-5,8-9H2,1H3/b7-6+/t12-/m1/s1. The Hall–Kier alpha value is -0.370. The maximum absolute atomic E-state index is 3.33. The third kappa shape index (κ3) is 2.57. The molecule has 0 amide bonds. The summed E-state index contributed by atoms with van der Waals surface area (Å²) >= 11 is 2.03. The van der Waals surface area contributed by atoms with Crippen molar-refractivity contribution in [3.8, 4) is 0 Å². The molecule has 1 aliphatic carbocycles. The van der Waals surface area contributed by atoms with Crippen molar-refractivity contribution in [3.63, 3.8) is 0 Å². The van der Waals surface area contributed by atoms with Gasteiger partial charge in [0.15, 0.2) is 0 Å². The second-order valence-corrected chi connectivity index (χ2v) is 5.36. The lowest BCUT2D eigenvalue weighted by molar-refractivity contribution is 0.728. The van der Waals surface area contributed by atoms with E-state index in [2.05, 4.69) is 30.5 Å². The first kappa shape index (κ1) is 10.2. The van der Waals surface area contributed by atoms with Crippen LogP contribution in [0.15, 0.2) is 23.9 Å².